The molecule has 1 aromatic carbocycles. The molecule has 0 aliphatic rings. The first-order chi connectivity index (χ1) is 30.5. The SMILES string of the molecule is CCCCCCCCCOC(=O)CCCCCCCN(CCCCCCCC(=O)OC(CCCCCCCC)CCCCCCCC)CCCCCC(=O)OCc1ccccc1. The van der Waals surface area contributed by atoms with E-state index in [1.807, 2.05) is 30.3 Å². The highest BCUT2D eigenvalue weighted by Crippen LogP contribution is 2.19. The molecule has 0 amide bonds. The number of hydrogen-bond donors (Lipinski definition) is 0. The molecule has 0 radical (unpaired) electrons. The Bertz CT molecular complexity index is 1110. The summed E-state index contributed by atoms with van der Waals surface area (Å²) < 4.78 is 17.0. The zero-order valence-electron chi connectivity index (χ0n) is 41.1. The number of rotatable bonds is 47. The van der Waals surface area contributed by atoms with Crippen LogP contribution >= 0.6 is 0 Å². The Labute approximate surface area is 383 Å². The van der Waals surface area contributed by atoms with E-state index in [-0.39, 0.29) is 24.0 Å². The fourth-order valence-electron chi connectivity index (χ4n) is 8.33. The van der Waals surface area contributed by atoms with Gasteiger partial charge in [-0.25, -0.2) is 0 Å². The lowest BCUT2D eigenvalue weighted by atomic mass is 10.0. The van der Waals surface area contributed by atoms with Crippen molar-refractivity contribution in [1.82, 2.24) is 4.90 Å². The molecule has 0 unspecified atom stereocenters. The number of carbonyl (C=O) groups excluding carboxylic acids is 3. The molecule has 7 nitrogen and oxygen atoms in total. The highest BCUT2D eigenvalue weighted by atomic mass is 16.5. The van der Waals surface area contributed by atoms with Crippen LogP contribution in [-0.4, -0.2) is 55.2 Å². The van der Waals surface area contributed by atoms with Crippen LogP contribution in [0.2, 0.25) is 0 Å². The second kappa shape index (κ2) is 45.2. The first-order valence-corrected chi connectivity index (χ1v) is 26.7. The van der Waals surface area contributed by atoms with Crippen LogP contribution in [0.5, 0.6) is 0 Å². The second-order valence-corrected chi connectivity index (χ2v) is 18.4. The third kappa shape index (κ3) is 39.2. The minimum Gasteiger partial charge on any atom is -0.466 e. The predicted molar refractivity (Wildman–Crippen MR) is 261 cm³/mol. The van der Waals surface area contributed by atoms with Crippen LogP contribution in [-0.2, 0) is 35.2 Å². The quantitative estimate of drug-likeness (QED) is 0.0366. The van der Waals surface area contributed by atoms with Gasteiger partial charge in [0.2, 0.25) is 0 Å². The van der Waals surface area contributed by atoms with Crippen molar-refractivity contribution in [2.75, 3.05) is 26.2 Å². The van der Waals surface area contributed by atoms with Crippen molar-refractivity contribution >= 4 is 17.9 Å². The van der Waals surface area contributed by atoms with Gasteiger partial charge in [0.15, 0.2) is 0 Å². The summed E-state index contributed by atoms with van der Waals surface area (Å²) in [5.74, 6) is -0.124. The second-order valence-electron chi connectivity index (χ2n) is 18.4. The van der Waals surface area contributed by atoms with E-state index in [9.17, 15) is 14.4 Å². The molecule has 0 spiro atoms. The normalized spacial score (nSPS) is 11.4. The number of unbranched alkanes of at least 4 members (excludes halogenated alkanes) is 26. The molecule has 1 rings (SSSR count). The van der Waals surface area contributed by atoms with E-state index in [2.05, 4.69) is 25.7 Å². The molecule has 0 saturated heterocycles. The fourth-order valence-corrected chi connectivity index (χ4v) is 8.33. The van der Waals surface area contributed by atoms with Gasteiger partial charge in [0.1, 0.15) is 12.7 Å². The van der Waals surface area contributed by atoms with E-state index in [1.165, 1.54) is 135 Å². The van der Waals surface area contributed by atoms with Gasteiger partial charge in [-0.1, -0.05) is 199 Å². The minimum absolute atomic E-state index is 0.0151. The zero-order chi connectivity index (χ0) is 44.8. The highest BCUT2D eigenvalue weighted by Gasteiger charge is 2.15. The first kappa shape index (κ1) is 57.6. The van der Waals surface area contributed by atoms with Crippen LogP contribution in [0.15, 0.2) is 30.3 Å². The summed E-state index contributed by atoms with van der Waals surface area (Å²) in [7, 11) is 0. The van der Waals surface area contributed by atoms with Crippen molar-refractivity contribution < 1.29 is 28.6 Å². The van der Waals surface area contributed by atoms with Crippen LogP contribution in [0.3, 0.4) is 0 Å². The Hall–Kier alpha value is -2.41. The molecule has 0 aromatic heterocycles. The third-order valence-corrected chi connectivity index (χ3v) is 12.4. The molecule has 7 heteroatoms. The Kier molecular flexibility index (Phi) is 42.0. The molecule has 0 fully saturated rings. The van der Waals surface area contributed by atoms with Gasteiger partial charge in [0.25, 0.3) is 0 Å². The van der Waals surface area contributed by atoms with Gasteiger partial charge in [0, 0.05) is 19.3 Å². The van der Waals surface area contributed by atoms with E-state index in [4.69, 9.17) is 14.2 Å². The van der Waals surface area contributed by atoms with Crippen molar-refractivity contribution in [3.63, 3.8) is 0 Å². The maximum absolute atomic E-state index is 12.9. The van der Waals surface area contributed by atoms with Crippen molar-refractivity contribution in [3.8, 4) is 0 Å². The summed E-state index contributed by atoms with van der Waals surface area (Å²) in [5, 5.41) is 0. The summed E-state index contributed by atoms with van der Waals surface area (Å²) in [4.78, 5) is 40.0. The standard InChI is InChI=1S/C55H99NO6/c1-4-7-10-13-16-25-38-49-60-53(57)43-32-21-17-23-35-46-56(48-37-27-34-44-54(58)61-50-51-39-28-26-29-40-51)47-36-24-18-22-33-45-55(59)62-52(41-30-19-14-11-8-5-2)42-31-20-15-12-9-6-3/h26,28-29,39-40,52H,4-25,27,30-38,41-50H2,1-3H3. The molecule has 0 aliphatic carbocycles. The van der Waals surface area contributed by atoms with Gasteiger partial charge in [-0.15, -0.1) is 0 Å². The van der Waals surface area contributed by atoms with E-state index < -0.39 is 0 Å². The number of benzene rings is 1. The van der Waals surface area contributed by atoms with Gasteiger partial charge in [0.05, 0.1) is 6.61 Å². The molecule has 1 aromatic rings. The molecule has 62 heavy (non-hydrogen) atoms. The lowest BCUT2D eigenvalue weighted by molar-refractivity contribution is -0.150. The molecule has 0 aliphatic heterocycles. The van der Waals surface area contributed by atoms with Crippen LogP contribution in [0.1, 0.15) is 264 Å². The van der Waals surface area contributed by atoms with Crippen molar-refractivity contribution in [2.45, 2.75) is 271 Å². The molecular weight excluding hydrogens is 771 g/mol. The topological polar surface area (TPSA) is 82.1 Å². The molecule has 0 saturated carbocycles. The fraction of sp³-hybridized carbons (Fsp3) is 0.836. The monoisotopic (exact) mass is 870 g/mol. The molecule has 0 N–H and O–H groups in total. The van der Waals surface area contributed by atoms with Crippen LogP contribution in [0, 0.1) is 0 Å². The smallest absolute Gasteiger partial charge is 0.306 e. The van der Waals surface area contributed by atoms with Crippen LogP contribution < -0.4 is 0 Å². The first-order valence-electron chi connectivity index (χ1n) is 26.7. The molecular formula is C55H99NO6. The van der Waals surface area contributed by atoms with Gasteiger partial charge < -0.3 is 19.1 Å². The maximum Gasteiger partial charge on any atom is 0.306 e. The van der Waals surface area contributed by atoms with Gasteiger partial charge in [-0.3, -0.25) is 14.4 Å². The zero-order valence-corrected chi connectivity index (χ0v) is 41.1. The summed E-state index contributed by atoms with van der Waals surface area (Å²) >= 11 is 0. The lowest BCUT2D eigenvalue weighted by Gasteiger charge is -2.22. The summed E-state index contributed by atoms with van der Waals surface area (Å²) in [6.45, 7) is 11.0. The predicted octanol–water partition coefficient (Wildman–Crippen LogP) is 16.0. The van der Waals surface area contributed by atoms with Gasteiger partial charge >= 0.3 is 17.9 Å². The third-order valence-electron chi connectivity index (χ3n) is 12.4. The van der Waals surface area contributed by atoms with Crippen molar-refractivity contribution in [2.24, 2.45) is 0 Å². The van der Waals surface area contributed by atoms with Crippen LogP contribution in [0.4, 0.5) is 0 Å². The number of ether oxygens (including phenoxy) is 3. The Balaban J connectivity index is 2.36. The van der Waals surface area contributed by atoms with Crippen molar-refractivity contribution in [3.05, 3.63) is 35.9 Å². The molecule has 360 valence electrons. The summed E-state index contributed by atoms with van der Waals surface area (Å²) in [6, 6.07) is 9.88. The number of hydrogen-bond acceptors (Lipinski definition) is 7. The molecule has 0 heterocycles. The highest BCUT2D eigenvalue weighted by molar-refractivity contribution is 5.70. The largest absolute Gasteiger partial charge is 0.466 e. The van der Waals surface area contributed by atoms with Crippen LogP contribution in [0.25, 0.3) is 0 Å². The van der Waals surface area contributed by atoms with Crippen molar-refractivity contribution in [1.29, 1.82) is 0 Å². The van der Waals surface area contributed by atoms with E-state index in [0.29, 0.717) is 32.5 Å². The number of carbonyl (C=O) groups is 3. The minimum atomic E-state index is -0.110. The molecule has 0 atom stereocenters. The Morgan fingerprint density at radius 3 is 1.27 bits per heavy atom. The maximum atomic E-state index is 12.9. The van der Waals surface area contributed by atoms with E-state index in [0.717, 1.165) is 109 Å². The number of esters is 3. The van der Waals surface area contributed by atoms with E-state index >= 15 is 0 Å². The summed E-state index contributed by atoms with van der Waals surface area (Å²) in [6.07, 6.45) is 41.7. The van der Waals surface area contributed by atoms with E-state index in [1.54, 1.807) is 0 Å². The number of nitrogens with zero attached hydrogens (tertiary/aromatic N) is 1. The lowest BCUT2D eigenvalue weighted by Crippen LogP contribution is -2.27. The molecule has 0 bridgehead atoms. The Morgan fingerprint density at radius 2 is 0.790 bits per heavy atom. The Morgan fingerprint density at radius 1 is 0.419 bits per heavy atom. The summed E-state index contributed by atoms with van der Waals surface area (Å²) in [5.41, 5.74) is 1.02. The average Bonchev–Trinajstić information content (AvgIpc) is 3.27. The van der Waals surface area contributed by atoms with Gasteiger partial charge in [-0.05, 0) is 95.8 Å². The van der Waals surface area contributed by atoms with Gasteiger partial charge in [-0.2, -0.15) is 0 Å². The average molecular weight is 870 g/mol.